The van der Waals surface area contributed by atoms with E-state index in [-0.39, 0.29) is 19.8 Å². The third kappa shape index (κ3) is 3.12. The fourth-order valence-corrected chi connectivity index (χ4v) is 1.92. The lowest BCUT2D eigenvalue weighted by atomic mass is 9.95. The van der Waals surface area contributed by atoms with E-state index in [2.05, 4.69) is 4.74 Å². The van der Waals surface area contributed by atoms with Crippen LogP contribution in [0.2, 0.25) is 0 Å². The lowest BCUT2D eigenvalue weighted by molar-refractivity contribution is -0.483. The van der Waals surface area contributed by atoms with Gasteiger partial charge in [-0.15, -0.1) is 0 Å². The van der Waals surface area contributed by atoms with Gasteiger partial charge in [-0.05, 0) is 17.7 Å². The molecule has 7 heteroatoms. The largest absolute Gasteiger partial charge is 0.469 e. The summed E-state index contributed by atoms with van der Waals surface area (Å²) in [5.74, 6) is 0.110. The van der Waals surface area contributed by atoms with E-state index >= 15 is 0 Å². The molecule has 0 fully saturated rings. The van der Waals surface area contributed by atoms with Crippen LogP contribution in [0, 0.1) is 10.1 Å². The Kier molecular flexibility index (Phi) is 3.84. The van der Waals surface area contributed by atoms with Gasteiger partial charge in [0.2, 0.25) is 13.3 Å². The Morgan fingerprint density at radius 2 is 2.21 bits per heavy atom. The third-order valence-electron chi connectivity index (χ3n) is 2.88. The second-order valence-corrected chi connectivity index (χ2v) is 4.11. The predicted octanol–water partition coefficient (Wildman–Crippen LogP) is 1.34. The Hall–Kier alpha value is -2.31. The van der Waals surface area contributed by atoms with E-state index in [4.69, 9.17) is 9.47 Å². The molecule has 1 aliphatic heterocycles. The molecule has 0 N–H and O–H groups in total. The number of nitro groups is 1. The minimum absolute atomic E-state index is 0.0445. The number of benzene rings is 1. The molecule has 7 nitrogen and oxygen atoms in total. The van der Waals surface area contributed by atoms with Gasteiger partial charge >= 0.3 is 5.97 Å². The van der Waals surface area contributed by atoms with Crippen molar-refractivity contribution in [3.05, 3.63) is 33.9 Å². The van der Waals surface area contributed by atoms with Gasteiger partial charge in [0.1, 0.15) is 0 Å². The topological polar surface area (TPSA) is 87.9 Å². The van der Waals surface area contributed by atoms with Crippen molar-refractivity contribution in [2.75, 3.05) is 20.4 Å². The van der Waals surface area contributed by atoms with Crippen LogP contribution in [-0.2, 0) is 9.53 Å². The molecule has 1 atom stereocenters. The number of fused-ring (bicyclic) bond motifs is 1. The Bertz CT molecular complexity index is 501. The lowest BCUT2D eigenvalue weighted by Crippen LogP contribution is -2.17. The van der Waals surface area contributed by atoms with Crippen LogP contribution < -0.4 is 9.47 Å². The van der Waals surface area contributed by atoms with Crippen LogP contribution in [0.15, 0.2) is 18.2 Å². The molecule has 0 saturated heterocycles. The minimum atomic E-state index is -0.544. The van der Waals surface area contributed by atoms with Crippen LogP contribution >= 0.6 is 0 Å². The van der Waals surface area contributed by atoms with Gasteiger partial charge in [0.25, 0.3) is 0 Å². The molecule has 1 heterocycles. The van der Waals surface area contributed by atoms with Crippen molar-refractivity contribution in [2.45, 2.75) is 12.3 Å². The second-order valence-electron chi connectivity index (χ2n) is 4.11. The number of hydrogen-bond acceptors (Lipinski definition) is 6. The Balaban J connectivity index is 2.21. The maximum atomic E-state index is 11.3. The van der Waals surface area contributed by atoms with Crippen molar-refractivity contribution in [1.82, 2.24) is 0 Å². The molecule has 1 aliphatic rings. The summed E-state index contributed by atoms with van der Waals surface area (Å²) in [6.07, 6.45) is -0.0445. The fourth-order valence-electron chi connectivity index (χ4n) is 1.92. The number of nitrogens with zero attached hydrogens (tertiary/aromatic N) is 1. The van der Waals surface area contributed by atoms with E-state index in [9.17, 15) is 14.9 Å². The van der Waals surface area contributed by atoms with Crippen LogP contribution in [0.4, 0.5) is 0 Å². The van der Waals surface area contributed by atoms with Gasteiger partial charge in [-0.3, -0.25) is 14.9 Å². The van der Waals surface area contributed by atoms with Crippen LogP contribution in [0.5, 0.6) is 11.5 Å². The molecule has 0 radical (unpaired) electrons. The number of carbonyl (C=O) groups excluding carboxylic acids is 1. The molecular formula is C12H13NO6. The van der Waals surface area contributed by atoms with E-state index in [1.165, 1.54) is 7.11 Å². The number of ether oxygens (including phenoxy) is 3. The van der Waals surface area contributed by atoms with Crippen molar-refractivity contribution in [2.24, 2.45) is 0 Å². The normalized spacial score (nSPS) is 13.9. The first kappa shape index (κ1) is 13.1. The summed E-state index contributed by atoms with van der Waals surface area (Å²) >= 11 is 0. The molecule has 1 unspecified atom stereocenters. The van der Waals surface area contributed by atoms with E-state index in [0.717, 1.165) is 0 Å². The number of carbonyl (C=O) groups is 1. The Morgan fingerprint density at radius 3 is 2.89 bits per heavy atom. The zero-order valence-corrected chi connectivity index (χ0v) is 10.3. The van der Waals surface area contributed by atoms with Crippen molar-refractivity contribution >= 4 is 5.97 Å². The first-order chi connectivity index (χ1) is 9.10. The molecule has 0 aromatic heterocycles. The highest BCUT2D eigenvalue weighted by molar-refractivity contribution is 5.70. The van der Waals surface area contributed by atoms with Gasteiger partial charge in [-0.1, -0.05) is 6.07 Å². The van der Waals surface area contributed by atoms with Gasteiger partial charge in [-0.2, -0.15) is 0 Å². The van der Waals surface area contributed by atoms with Crippen molar-refractivity contribution in [3.63, 3.8) is 0 Å². The van der Waals surface area contributed by atoms with Gasteiger partial charge in [0.15, 0.2) is 11.5 Å². The van der Waals surface area contributed by atoms with Gasteiger partial charge < -0.3 is 14.2 Å². The number of methoxy groups -OCH3 is 1. The third-order valence-corrected chi connectivity index (χ3v) is 2.88. The smallest absolute Gasteiger partial charge is 0.306 e. The SMILES string of the molecule is COC(=O)CC(C[N+](=O)[O-])c1ccc2c(c1)OCO2. The summed E-state index contributed by atoms with van der Waals surface area (Å²) in [6.45, 7) is -0.204. The molecule has 0 saturated carbocycles. The van der Waals surface area contributed by atoms with Gasteiger partial charge in [0, 0.05) is 4.92 Å². The summed E-state index contributed by atoms with van der Waals surface area (Å²) in [4.78, 5) is 21.5. The first-order valence-corrected chi connectivity index (χ1v) is 5.68. The van der Waals surface area contributed by atoms with Crippen LogP contribution in [0.1, 0.15) is 17.9 Å². The van der Waals surface area contributed by atoms with Gasteiger partial charge in [-0.25, -0.2) is 0 Å². The average Bonchev–Trinajstić information content (AvgIpc) is 2.84. The van der Waals surface area contributed by atoms with Gasteiger partial charge in [0.05, 0.1) is 19.4 Å². The summed E-state index contributed by atoms with van der Waals surface area (Å²) < 4.78 is 14.9. The molecule has 102 valence electrons. The Morgan fingerprint density at radius 1 is 1.47 bits per heavy atom. The summed E-state index contributed by atoms with van der Waals surface area (Å²) in [5, 5.41) is 10.7. The van der Waals surface area contributed by atoms with E-state index in [1.54, 1.807) is 18.2 Å². The minimum Gasteiger partial charge on any atom is -0.469 e. The molecule has 0 amide bonds. The fraction of sp³-hybridized carbons (Fsp3) is 0.417. The number of esters is 1. The molecule has 1 aromatic rings. The highest BCUT2D eigenvalue weighted by Gasteiger charge is 2.24. The highest BCUT2D eigenvalue weighted by atomic mass is 16.7. The van der Waals surface area contributed by atoms with E-state index in [0.29, 0.717) is 17.1 Å². The van der Waals surface area contributed by atoms with Crippen molar-refractivity contribution in [3.8, 4) is 11.5 Å². The van der Waals surface area contributed by atoms with E-state index in [1.807, 2.05) is 0 Å². The summed E-state index contributed by atoms with van der Waals surface area (Å²) in [5.41, 5.74) is 0.659. The highest BCUT2D eigenvalue weighted by Crippen LogP contribution is 2.35. The van der Waals surface area contributed by atoms with Crippen molar-refractivity contribution in [1.29, 1.82) is 0 Å². The Labute approximate surface area is 109 Å². The molecule has 2 rings (SSSR count). The predicted molar refractivity (Wildman–Crippen MR) is 63.8 cm³/mol. The average molecular weight is 267 g/mol. The van der Waals surface area contributed by atoms with Crippen molar-refractivity contribution < 1.29 is 23.9 Å². The molecular weight excluding hydrogens is 254 g/mol. The maximum absolute atomic E-state index is 11.3. The van der Waals surface area contributed by atoms with Crippen LogP contribution in [0.25, 0.3) is 0 Å². The number of rotatable bonds is 5. The summed E-state index contributed by atoms with van der Waals surface area (Å²) in [7, 11) is 1.26. The quantitative estimate of drug-likeness (QED) is 0.454. The van der Waals surface area contributed by atoms with E-state index < -0.39 is 16.8 Å². The molecule has 1 aromatic carbocycles. The van der Waals surface area contributed by atoms with Crippen LogP contribution in [-0.4, -0.2) is 31.3 Å². The molecule has 19 heavy (non-hydrogen) atoms. The molecule has 0 bridgehead atoms. The zero-order valence-electron chi connectivity index (χ0n) is 10.3. The number of hydrogen-bond donors (Lipinski definition) is 0. The molecule has 0 spiro atoms. The lowest BCUT2D eigenvalue weighted by Gasteiger charge is -2.12. The standard InChI is InChI=1S/C12H13NO6/c1-17-12(14)5-9(6-13(15)16)8-2-3-10-11(4-8)19-7-18-10/h2-4,9H,5-7H2,1H3. The zero-order chi connectivity index (χ0) is 13.8. The monoisotopic (exact) mass is 267 g/mol. The first-order valence-electron chi connectivity index (χ1n) is 5.68. The summed E-state index contributed by atoms with van der Waals surface area (Å²) in [6, 6.07) is 5.05. The second kappa shape index (κ2) is 5.55. The molecule has 0 aliphatic carbocycles. The maximum Gasteiger partial charge on any atom is 0.306 e. The van der Waals surface area contributed by atoms with Crippen LogP contribution in [0.3, 0.4) is 0 Å².